The van der Waals surface area contributed by atoms with Crippen LogP contribution in [0.5, 0.6) is 0 Å². The molecular weight excluding hydrogens is 317 g/mol. The minimum absolute atomic E-state index is 0.124. The van der Waals surface area contributed by atoms with Crippen molar-refractivity contribution in [3.8, 4) is 0 Å². The summed E-state index contributed by atoms with van der Waals surface area (Å²) in [6, 6.07) is 4.37. The van der Waals surface area contributed by atoms with Crippen LogP contribution in [0.2, 0.25) is 0 Å². The summed E-state index contributed by atoms with van der Waals surface area (Å²) in [5.74, 6) is -0.406. The zero-order valence-corrected chi connectivity index (χ0v) is 13.0. The van der Waals surface area contributed by atoms with Gasteiger partial charge in [0.2, 0.25) is 10.0 Å². The first kappa shape index (κ1) is 17.2. The molecule has 0 aliphatic carbocycles. The number of hydrogen-bond acceptors (Lipinski definition) is 3. The molecule has 1 saturated heterocycles. The first-order valence-electron chi connectivity index (χ1n) is 7.04. The summed E-state index contributed by atoms with van der Waals surface area (Å²) < 4.78 is 64.4. The SMILES string of the molecule is CNC[C@H]1CCCN1S(=O)(=O)Cc1cccc(C(F)(F)F)c1. The van der Waals surface area contributed by atoms with Crippen LogP contribution in [-0.2, 0) is 22.0 Å². The Bertz CT molecular complexity index is 617. The van der Waals surface area contributed by atoms with Gasteiger partial charge in [-0.25, -0.2) is 8.42 Å². The summed E-state index contributed by atoms with van der Waals surface area (Å²) in [7, 11) is -1.87. The summed E-state index contributed by atoms with van der Waals surface area (Å²) in [6.07, 6.45) is -2.93. The topological polar surface area (TPSA) is 49.4 Å². The van der Waals surface area contributed by atoms with Crippen molar-refractivity contribution in [1.29, 1.82) is 0 Å². The van der Waals surface area contributed by atoms with Gasteiger partial charge < -0.3 is 5.32 Å². The first-order chi connectivity index (χ1) is 10.2. The normalized spacial score (nSPS) is 20.5. The highest BCUT2D eigenvalue weighted by Crippen LogP contribution is 2.30. The molecule has 22 heavy (non-hydrogen) atoms. The Balaban J connectivity index is 2.18. The summed E-state index contributed by atoms with van der Waals surface area (Å²) in [4.78, 5) is 0. The average Bonchev–Trinajstić information content (AvgIpc) is 2.87. The van der Waals surface area contributed by atoms with Crippen molar-refractivity contribution in [2.24, 2.45) is 0 Å². The van der Waals surface area contributed by atoms with E-state index in [0.29, 0.717) is 13.1 Å². The summed E-state index contributed by atoms with van der Waals surface area (Å²) in [5.41, 5.74) is -0.668. The van der Waals surface area contributed by atoms with Gasteiger partial charge in [-0.05, 0) is 31.5 Å². The van der Waals surface area contributed by atoms with Crippen molar-refractivity contribution in [3.63, 3.8) is 0 Å². The van der Waals surface area contributed by atoms with Crippen molar-refractivity contribution in [1.82, 2.24) is 9.62 Å². The summed E-state index contributed by atoms with van der Waals surface area (Å²) in [5, 5.41) is 2.95. The predicted molar refractivity (Wildman–Crippen MR) is 77.7 cm³/mol. The number of alkyl halides is 3. The Labute approximate surface area is 128 Å². The lowest BCUT2D eigenvalue weighted by molar-refractivity contribution is -0.137. The van der Waals surface area contributed by atoms with Crippen molar-refractivity contribution in [2.45, 2.75) is 30.8 Å². The van der Waals surface area contributed by atoms with Crippen LogP contribution < -0.4 is 5.32 Å². The van der Waals surface area contributed by atoms with Crippen LogP contribution in [0.1, 0.15) is 24.0 Å². The van der Waals surface area contributed by atoms with E-state index in [4.69, 9.17) is 0 Å². The second-order valence-electron chi connectivity index (χ2n) is 5.42. The van der Waals surface area contributed by atoms with E-state index < -0.39 is 27.5 Å². The van der Waals surface area contributed by atoms with E-state index in [9.17, 15) is 21.6 Å². The van der Waals surface area contributed by atoms with Crippen LogP contribution in [-0.4, -0.2) is 38.9 Å². The van der Waals surface area contributed by atoms with E-state index >= 15 is 0 Å². The fourth-order valence-corrected chi connectivity index (χ4v) is 4.55. The van der Waals surface area contributed by atoms with Gasteiger partial charge in [0.05, 0.1) is 11.3 Å². The van der Waals surface area contributed by atoms with Gasteiger partial charge in [-0.2, -0.15) is 17.5 Å². The molecule has 2 rings (SSSR count). The largest absolute Gasteiger partial charge is 0.416 e. The van der Waals surface area contributed by atoms with Gasteiger partial charge >= 0.3 is 6.18 Å². The third-order valence-electron chi connectivity index (χ3n) is 3.72. The number of likely N-dealkylation sites (N-methyl/N-ethyl adjacent to an activating group) is 1. The molecule has 0 amide bonds. The van der Waals surface area contributed by atoms with Gasteiger partial charge in [-0.15, -0.1) is 0 Å². The summed E-state index contributed by atoms with van der Waals surface area (Å²) >= 11 is 0. The van der Waals surface area contributed by atoms with Crippen LogP contribution >= 0.6 is 0 Å². The zero-order chi connectivity index (χ0) is 16.4. The molecule has 1 aliphatic heterocycles. The Hall–Kier alpha value is -1.12. The van der Waals surface area contributed by atoms with Crippen molar-refractivity contribution >= 4 is 10.0 Å². The molecule has 1 N–H and O–H groups in total. The number of nitrogens with one attached hydrogen (secondary N) is 1. The molecule has 0 radical (unpaired) electrons. The Morgan fingerprint density at radius 2 is 2.09 bits per heavy atom. The smallest absolute Gasteiger partial charge is 0.318 e. The second-order valence-corrected chi connectivity index (χ2v) is 7.34. The molecule has 1 aliphatic rings. The quantitative estimate of drug-likeness (QED) is 0.897. The molecule has 1 heterocycles. The Morgan fingerprint density at radius 3 is 2.73 bits per heavy atom. The van der Waals surface area contributed by atoms with Crippen molar-refractivity contribution in [3.05, 3.63) is 35.4 Å². The van der Waals surface area contributed by atoms with Gasteiger partial charge in [-0.3, -0.25) is 0 Å². The first-order valence-corrected chi connectivity index (χ1v) is 8.65. The lowest BCUT2D eigenvalue weighted by Gasteiger charge is -2.24. The van der Waals surface area contributed by atoms with Gasteiger partial charge in [0.25, 0.3) is 0 Å². The minimum atomic E-state index is -4.47. The average molecular weight is 336 g/mol. The van der Waals surface area contributed by atoms with E-state index in [2.05, 4.69) is 5.32 Å². The van der Waals surface area contributed by atoms with Crippen LogP contribution in [0.3, 0.4) is 0 Å². The van der Waals surface area contributed by atoms with Crippen molar-refractivity contribution < 1.29 is 21.6 Å². The van der Waals surface area contributed by atoms with E-state index in [0.717, 1.165) is 25.0 Å². The Kier molecular flexibility index (Phi) is 5.14. The maximum Gasteiger partial charge on any atom is 0.416 e. The van der Waals surface area contributed by atoms with Crippen LogP contribution in [0.25, 0.3) is 0 Å². The summed E-state index contributed by atoms with van der Waals surface area (Å²) in [6.45, 7) is 0.968. The molecule has 124 valence electrons. The van der Waals surface area contributed by atoms with Gasteiger partial charge in [0.15, 0.2) is 0 Å². The lowest BCUT2D eigenvalue weighted by Crippen LogP contribution is -2.41. The number of nitrogens with zero attached hydrogens (tertiary/aromatic N) is 1. The molecule has 0 aromatic heterocycles. The molecular formula is C14H19F3N2O2S. The number of halogens is 3. The van der Waals surface area contributed by atoms with E-state index in [1.54, 1.807) is 7.05 Å². The standard InChI is InChI=1S/C14H19F3N2O2S/c1-18-9-13-6-3-7-19(13)22(20,21)10-11-4-2-5-12(8-11)14(15,16)17/h2,4-5,8,13,18H,3,6-7,9-10H2,1H3/t13-/m1/s1. The molecule has 1 aromatic carbocycles. The van der Waals surface area contributed by atoms with Crippen LogP contribution in [0.15, 0.2) is 24.3 Å². The Morgan fingerprint density at radius 1 is 1.36 bits per heavy atom. The van der Waals surface area contributed by atoms with Crippen LogP contribution in [0.4, 0.5) is 13.2 Å². The van der Waals surface area contributed by atoms with Gasteiger partial charge in [0.1, 0.15) is 0 Å². The fraction of sp³-hybridized carbons (Fsp3) is 0.571. The molecule has 8 heteroatoms. The highest BCUT2D eigenvalue weighted by Gasteiger charge is 2.34. The number of rotatable bonds is 5. The molecule has 0 spiro atoms. The molecule has 4 nitrogen and oxygen atoms in total. The molecule has 0 bridgehead atoms. The second kappa shape index (κ2) is 6.55. The highest BCUT2D eigenvalue weighted by molar-refractivity contribution is 7.88. The maximum absolute atomic E-state index is 12.7. The molecule has 1 atom stereocenters. The van der Waals surface area contributed by atoms with Gasteiger partial charge in [0, 0.05) is 19.1 Å². The molecule has 1 aromatic rings. The minimum Gasteiger partial charge on any atom is -0.318 e. The predicted octanol–water partition coefficient (Wildman–Crippen LogP) is 2.22. The third-order valence-corrected chi connectivity index (χ3v) is 5.62. The monoisotopic (exact) mass is 336 g/mol. The third kappa shape index (κ3) is 3.99. The number of hydrogen-bond donors (Lipinski definition) is 1. The highest BCUT2D eigenvalue weighted by atomic mass is 32.2. The fourth-order valence-electron chi connectivity index (χ4n) is 2.75. The van der Waals surface area contributed by atoms with Crippen molar-refractivity contribution in [2.75, 3.05) is 20.1 Å². The lowest BCUT2D eigenvalue weighted by atomic mass is 10.1. The van der Waals surface area contributed by atoms with Crippen LogP contribution in [0, 0.1) is 0 Å². The molecule has 1 fully saturated rings. The van der Waals surface area contributed by atoms with Gasteiger partial charge in [-0.1, -0.05) is 18.2 Å². The van der Waals surface area contributed by atoms with E-state index in [1.165, 1.54) is 16.4 Å². The zero-order valence-electron chi connectivity index (χ0n) is 12.2. The molecule has 0 unspecified atom stereocenters. The number of sulfonamides is 1. The van der Waals surface area contributed by atoms with E-state index in [1.807, 2.05) is 0 Å². The molecule has 0 saturated carbocycles. The maximum atomic E-state index is 12.7. The van der Waals surface area contributed by atoms with E-state index in [-0.39, 0.29) is 11.6 Å². The number of benzene rings is 1.